The fourth-order valence-electron chi connectivity index (χ4n) is 1.56. The number of primary amides is 1. The Labute approximate surface area is 124 Å². The van der Waals surface area contributed by atoms with Crippen LogP contribution in [-0.4, -0.2) is 40.1 Å². The number of nitrogens with one attached hydrogen (secondary N) is 2. The van der Waals surface area contributed by atoms with Crippen molar-refractivity contribution in [3.05, 3.63) is 0 Å². The van der Waals surface area contributed by atoms with Crippen LogP contribution in [0.1, 0.15) is 40.0 Å². The lowest BCUT2D eigenvalue weighted by Gasteiger charge is -2.11. The zero-order chi connectivity index (χ0) is 15.7. The van der Waals surface area contributed by atoms with Crippen molar-refractivity contribution in [2.75, 3.05) is 23.7 Å². The normalized spacial score (nSPS) is 10.5. The van der Waals surface area contributed by atoms with Crippen molar-refractivity contribution in [2.24, 2.45) is 5.73 Å². The summed E-state index contributed by atoms with van der Waals surface area (Å²) in [5.41, 5.74) is 5.09. The smallest absolute Gasteiger partial charge is 0.323 e. The Bertz CT molecular complexity index is 452. The zero-order valence-electron chi connectivity index (χ0n) is 12.8. The number of amides is 1. The van der Waals surface area contributed by atoms with Crippen LogP contribution in [-0.2, 0) is 4.79 Å². The summed E-state index contributed by atoms with van der Waals surface area (Å²) < 4.78 is 5.50. The van der Waals surface area contributed by atoms with Gasteiger partial charge >= 0.3 is 6.01 Å². The molecular formula is C13H24N6O2. The molecule has 1 aromatic rings. The maximum Gasteiger partial charge on any atom is 0.323 e. The van der Waals surface area contributed by atoms with E-state index in [2.05, 4.69) is 25.6 Å². The third-order valence-corrected chi connectivity index (χ3v) is 2.42. The van der Waals surface area contributed by atoms with Gasteiger partial charge in [0.05, 0.1) is 6.10 Å². The van der Waals surface area contributed by atoms with Gasteiger partial charge in [-0.15, -0.1) is 0 Å². The molecular weight excluding hydrogens is 272 g/mol. The van der Waals surface area contributed by atoms with E-state index in [1.807, 2.05) is 20.8 Å². The molecule has 0 aromatic carbocycles. The highest BCUT2D eigenvalue weighted by Crippen LogP contribution is 2.12. The van der Waals surface area contributed by atoms with Gasteiger partial charge in [0.2, 0.25) is 17.8 Å². The van der Waals surface area contributed by atoms with Crippen LogP contribution in [0.25, 0.3) is 0 Å². The van der Waals surface area contributed by atoms with Gasteiger partial charge in [-0.05, 0) is 33.6 Å². The molecule has 0 atom stereocenters. The Morgan fingerprint density at radius 3 is 2.43 bits per heavy atom. The lowest BCUT2D eigenvalue weighted by molar-refractivity contribution is -0.118. The van der Waals surface area contributed by atoms with Crippen LogP contribution in [0, 0.1) is 0 Å². The zero-order valence-corrected chi connectivity index (χ0v) is 12.8. The summed E-state index contributed by atoms with van der Waals surface area (Å²) >= 11 is 0. The molecule has 1 amide bonds. The summed E-state index contributed by atoms with van der Waals surface area (Å²) in [4.78, 5) is 23.3. The van der Waals surface area contributed by atoms with Gasteiger partial charge in [0, 0.05) is 19.5 Å². The molecule has 8 heteroatoms. The van der Waals surface area contributed by atoms with Crippen molar-refractivity contribution in [1.29, 1.82) is 0 Å². The first-order chi connectivity index (χ1) is 10.0. The van der Waals surface area contributed by atoms with Crippen molar-refractivity contribution in [2.45, 2.75) is 46.1 Å². The second-order valence-electron chi connectivity index (χ2n) is 4.81. The van der Waals surface area contributed by atoms with E-state index in [9.17, 15) is 4.79 Å². The number of anilines is 2. The van der Waals surface area contributed by atoms with E-state index in [4.69, 9.17) is 10.5 Å². The molecule has 1 aromatic heterocycles. The number of unbranched alkanes of at least 4 members (excludes halogenated alkanes) is 1. The monoisotopic (exact) mass is 296 g/mol. The van der Waals surface area contributed by atoms with E-state index < -0.39 is 0 Å². The minimum Gasteiger partial charge on any atom is -0.461 e. The van der Waals surface area contributed by atoms with Crippen molar-refractivity contribution in [1.82, 2.24) is 15.0 Å². The predicted octanol–water partition coefficient (Wildman–Crippen LogP) is 1.16. The minimum atomic E-state index is -0.280. The SMILES string of the molecule is CCNc1nc(NCCCCC(N)=O)nc(OC(C)C)n1. The van der Waals surface area contributed by atoms with Gasteiger partial charge in [0.15, 0.2) is 0 Å². The topological polar surface area (TPSA) is 115 Å². The number of hydrogen-bond donors (Lipinski definition) is 3. The average molecular weight is 296 g/mol. The summed E-state index contributed by atoms with van der Waals surface area (Å²) in [6.07, 6.45) is 1.93. The molecule has 1 heterocycles. The maximum atomic E-state index is 10.6. The first kappa shape index (κ1) is 16.9. The highest BCUT2D eigenvalue weighted by atomic mass is 16.5. The van der Waals surface area contributed by atoms with Gasteiger partial charge in [0.1, 0.15) is 0 Å². The van der Waals surface area contributed by atoms with Gasteiger partial charge < -0.3 is 21.1 Å². The lowest BCUT2D eigenvalue weighted by atomic mass is 10.2. The Hall–Kier alpha value is -2.12. The molecule has 0 radical (unpaired) electrons. The Morgan fingerprint density at radius 1 is 1.19 bits per heavy atom. The lowest BCUT2D eigenvalue weighted by Crippen LogP contribution is -2.14. The molecule has 8 nitrogen and oxygen atoms in total. The van der Waals surface area contributed by atoms with Crippen molar-refractivity contribution < 1.29 is 9.53 Å². The third kappa shape index (κ3) is 7.28. The van der Waals surface area contributed by atoms with E-state index in [0.717, 1.165) is 12.8 Å². The number of ether oxygens (including phenoxy) is 1. The number of rotatable bonds is 10. The molecule has 0 aliphatic rings. The Morgan fingerprint density at radius 2 is 1.86 bits per heavy atom. The van der Waals surface area contributed by atoms with Crippen LogP contribution in [0.15, 0.2) is 0 Å². The fraction of sp³-hybridized carbons (Fsp3) is 0.692. The van der Waals surface area contributed by atoms with Gasteiger partial charge in [-0.2, -0.15) is 15.0 Å². The van der Waals surface area contributed by atoms with Crippen molar-refractivity contribution >= 4 is 17.8 Å². The van der Waals surface area contributed by atoms with Crippen LogP contribution >= 0.6 is 0 Å². The number of carbonyl (C=O) groups excluding carboxylic acids is 1. The predicted molar refractivity (Wildman–Crippen MR) is 81.3 cm³/mol. The van der Waals surface area contributed by atoms with Gasteiger partial charge in [0.25, 0.3) is 0 Å². The molecule has 4 N–H and O–H groups in total. The fourth-order valence-corrected chi connectivity index (χ4v) is 1.56. The molecule has 0 spiro atoms. The van der Waals surface area contributed by atoms with E-state index in [1.165, 1.54) is 0 Å². The molecule has 1 rings (SSSR count). The van der Waals surface area contributed by atoms with E-state index in [-0.39, 0.29) is 18.0 Å². The van der Waals surface area contributed by atoms with Crippen LogP contribution in [0.3, 0.4) is 0 Å². The third-order valence-electron chi connectivity index (χ3n) is 2.42. The van der Waals surface area contributed by atoms with Crippen LogP contribution in [0.4, 0.5) is 11.9 Å². The van der Waals surface area contributed by atoms with Crippen LogP contribution in [0.5, 0.6) is 6.01 Å². The van der Waals surface area contributed by atoms with Gasteiger partial charge in [-0.1, -0.05) is 0 Å². The summed E-state index contributed by atoms with van der Waals surface area (Å²) in [6, 6.07) is 0.288. The van der Waals surface area contributed by atoms with Crippen LogP contribution in [0.2, 0.25) is 0 Å². The standard InChI is InChI=1S/C13H24N6O2/c1-4-15-11-17-12(16-8-6-5-7-10(14)20)19-13(18-11)21-9(2)3/h9H,4-8H2,1-3H3,(H2,14,20)(H2,15,16,17,18,19). The highest BCUT2D eigenvalue weighted by Gasteiger charge is 2.08. The minimum absolute atomic E-state index is 0.00899. The highest BCUT2D eigenvalue weighted by molar-refractivity contribution is 5.73. The van der Waals surface area contributed by atoms with Crippen molar-refractivity contribution in [3.63, 3.8) is 0 Å². The summed E-state index contributed by atoms with van der Waals surface area (Å²) in [5, 5.41) is 6.13. The number of aromatic nitrogens is 3. The number of nitrogens with two attached hydrogens (primary N) is 1. The largest absolute Gasteiger partial charge is 0.461 e. The first-order valence-corrected chi connectivity index (χ1v) is 7.20. The maximum absolute atomic E-state index is 10.6. The van der Waals surface area contributed by atoms with E-state index in [0.29, 0.717) is 31.4 Å². The Kier molecular flexibility index (Phi) is 7.20. The second kappa shape index (κ2) is 8.93. The molecule has 0 bridgehead atoms. The second-order valence-corrected chi connectivity index (χ2v) is 4.81. The average Bonchev–Trinajstić information content (AvgIpc) is 2.37. The molecule has 0 unspecified atom stereocenters. The Balaban J connectivity index is 2.58. The summed E-state index contributed by atoms with van der Waals surface area (Å²) in [5.74, 6) is 0.649. The number of carbonyl (C=O) groups is 1. The van der Waals surface area contributed by atoms with E-state index >= 15 is 0 Å². The molecule has 0 aliphatic carbocycles. The number of hydrogen-bond acceptors (Lipinski definition) is 7. The summed E-state index contributed by atoms with van der Waals surface area (Å²) in [6.45, 7) is 7.15. The van der Waals surface area contributed by atoms with Gasteiger partial charge in [-0.3, -0.25) is 4.79 Å². The molecule has 118 valence electrons. The summed E-state index contributed by atoms with van der Waals surface area (Å²) in [7, 11) is 0. The van der Waals surface area contributed by atoms with Crippen LogP contribution < -0.4 is 21.1 Å². The van der Waals surface area contributed by atoms with E-state index in [1.54, 1.807) is 0 Å². The molecule has 0 saturated heterocycles. The quantitative estimate of drug-likeness (QED) is 0.555. The molecule has 0 aliphatic heterocycles. The van der Waals surface area contributed by atoms with Crippen molar-refractivity contribution in [3.8, 4) is 6.01 Å². The first-order valence-electron chi connectivity index (χ1n) is 7.20. The van der Waals surface area contributed by atoms with Gasteiger partial charge in [-0.25, -0.2) is 0 Å². The number of nitrogens with zero attached hydrogens (tertiary/aromatic N) is 3. The molecule has 21 heavy (non-hydrogen) atoms. The molecule has 0 fully saturated rings. The molecule has 0 saturated carbocycles.